The standard InChI is InChI=1S/C22H32N8O/c1-4-16-15-29(12-11-23-16)22-26-19-17(5-2)28-30(13-14-31-6-3)20(19)21(27-22)25-18-9-7-8-10-24-18/h7-10,16,23H,4-6,11-15H2,1-3H3,(H,24,25,26,27)/t16-/m0/s1. The zero-order valence-electron chi connectivity index (χ0n) is 18.6. The van der Waals surface area contributed by atoms with Crippen LogP contribution in [-0.2, 0) is 17.7 Å². The molecule has 4 rings (SSSR count). The molecule has 166 valence electrons. The molecule has 0 radical (unpaired) electrons. The molecular weight excluding hydrogens is 392 g/mol. The third-order valence-electron chi connectivity index (χ3n) is 5.57. The quantitative estimate of drug-likeness (QED) is 0.507. The number of hydrogen-bond acceptors (Lipinski definition) is 8. The maximum absolute atomic E-state index is 5.58. The van der Waals surface area contributed by atoms with Crippen molar-refractivity contribution in [2.24, 2.45) is 0 Å². The van der Waals surface area contributed by atoms with E-state index in [9.17, 15) is 0 Å². The Balaban J connectivity index is 1.79. The van der Waals surface area contributed by atoms with E-state index in [4.69, 9.17) is 19.8 Å². The van der Waals surface area contributed by atoms with E-state index in [1.165, 1.54) is 0 Å². The van der Waals surface area contributed by atoms with Gasteiger partial charge in [0.2, 0.25) is 5.95 Å². The molecule has 1 aliphatic heterocycles. The Morgan fingerprint density at radius 1 is 1.23 bits per heavy atom. The number of pyridine rings is 1. The van der Waals surface area contributed by atoms with Gasteiger partial charge in [0.15, 0.2) is 5.82 Å². The van der Waals surface area contributed by atoms with Crippen molar-refractivity contribution in [3.8, 4) is 0 Å². The fourth-order valence-electron chi connectivity index (χ4n) is 3.89. The van der Waals surface area contributed by atoms with Crippen LogP contribution in [0.3, 0.4) is 0 Å². The van der Waals surface area contributed by atoms with Crippen molar-refractivity contribution in [2.45, 2.75) is 46.2 Å². The molecule has 2 N–H and O–H groups in total. The highest BCUT2D eigenvalue weighted by molar-refractivity contribution is 5.90. The van der Waals surface area contributed by atoms with Gasteiger partial charge >= 0.3 is 0 Å². The molecule has 3 aromatic rings. The molecule has 0 unspecified atom stereocenters. The van der Waals surface area contributed by atoms with Crippen molar-refractivity contribution in [1.29, 1.82) is 0 Å². The lowest BCUT2D eigenvalue weighted by Gasteiger charge is -2.33. The SMILES string of the molecule is CCOCCn1nc(CC)c2nc(N3CCN[C@@H](CC)C3)nc(Nc3ccccn3)c21. The van der Waals surface area contributed by atoms with Crippen molar-refractivity contribution in [2.75, 3.05) is 43.1 Å². The van der Waals surface area contributed by atoms with E-state index in [2.05, 4.69) is 34.4 Å². The van der Waals surface area contributed by atoms with Crippen LogP contribution in [0.4, 0.5) is 17.6 Å². The predicted octanol–water partition coefficient (Wildman–Crippen LogP) is 2.75. The van der Waals surface area contributed by atoms with Gasteiger partial charge in [0.1, 0.15) is 16.9 Å². The number of piperazine rings is 1. The Bertz CT molecular complexity index is 990. The molecular formula is C22H32N8O. The molecule has 0 aliphatic carbocycles. The predicted molar refractivity (Wildman–Crippen MR) is 123 cm³/mol. The Hall–Kier alpha value is -2.78. The zero-order chi connectivity index (χ0) is 21.6. The zero-order valence-corrected chi connectivity index (χ0v) is 18.6. The van der Waals surface area contributed by atoms with Crippen molar-refractivity contribution < 1.29 is 4.74 Å². The molecule has 0 amide bonds. The number of rotatable bonds is 9. The minimum Gasteiger partial charge on any atom is -0.380 e. The molecule has 1 saturated heterocycles. The number of aromatic nitrogens is 5. The highest BCUT2D eigenvalue weighted by atomic mass is 16.5. The lowest BCUT2D eigenvalue weighted by molar-refractivity contribution is 0.137. The number of aryl methyl sites for hydroxylation is 1. The van der Waals surface area contributed by atoms with Gasteiger partial charge in [-0.25, -0.2) is 9.97 Å². The van der Waals surface area contributed by atoms with Crippen LogP contribution in [0.2, 0.25) is 0 Å². The second-order valence-corrected chi connectivity index (χ2v) is 7.64. The molecule has 1 fully saturated rings. The second kappa shape index (κ2) is 10.0. The highest BCUT2D eigenvalue weighted by Crippen LogP contribution is 2.29. The summed E-state index contributed by atoms with van der Waals surface area (Å²) < 4.78 is 7.54. The minimum absolute atomic E-state index is 0.444. The topological polar surface area (TPSA) is 93.0 Å². The second-order valence-electron chi connectivity index (χ2n) is 7.64. The van der Waals surface area contributed by atoms with E-state index in [1.54, 1.807) is 6.20 Å². The molecule has 1 aliphatic rings. The summed E-state index contributed by atoms with van der Waals surface area (Å²) in [5.74, 6) is 2.22. The summed E-state index contributed by atoms with van der Waals surface area (Å²) in [6.07, 6.45) is 3.65. The lowest BCUT2D eigenvalue weighted by atomic mass is 10.1. The monoisotopic (exact) mass is 424 g/mol. The van der Waals surface area contributed by atoms with Crippen LogP contribution in [0.15, 0.2) is 24.4 Å². The molecule has 9 heteroatoms. The van der Waals surface area contributed by atoms with Crippen molar-refractivity contribution in [3.63, 3.8) is 0 Å². The number of ether oxygens (including phenoxy) is 1. The number of hydrogen-bond donors (Lipinski definition) is 2. The Kier molecular flexibility index (Phi) is 6.93. The minimum atomic E-state index is 0.444. The maximum Gasteiger partial charge on any atom is 0.228 e. The van der Waals surface area contributed by atoms with Gasteiger partial charge in [0, 0.05) is 38.5 Å². The number of nitrogens with one attached hydrogen (secondary N) is 2. The third kappa shape index (κ3) is 4.77. The third-order valence-corrected chi connectivity index (χ3v) is 5.57. The average Bonchev–Trinajstić information content (AvgIpc) is 3.18. The van der Waals surface area contributed by atoms with Gasteiger partial charge < -0.3 is 20.3 Å². The van der Waals surface area contributed by atoms with Gasteiger partial charge in [-0.3, -0.25) is 4.68 Å². The fraction of sp³-hybridized carbons (Fsp3) is 0.545. The fourth-order valence-corrected chi connectivity index (χ4v) is 3.89. The first-order valence-electron chi connectivity index (χ1n) is 11.2. The number of fused-ring (bicyclic) bond motifs is 1. The first kappa shape index (κ1) is 21.5. The Morgan fingerprint density at radius 2 is 2.13 bits per heavy atom. The maximum atomic E-state index is 5.58. The molecule has 0 bridgehead atoms. The highest BCUT2D eigenvalue weighted by Gasteiger charge is 2.24. The summed E-state index contributed by atoms with van der Waals surface area (Å²) in [4.78, 5) is 16.7. The lowest BCUT2D eigenvalue weighted by Crippen LogP contribution is -2.51. The van der Waals surface area contributed by atoms with Crippen molar-refractivity contribution >= 4 is 28.6 Å². The van der Waals surface area contributed by atoms with Crippen LogP contribution in [-0.4, -0.2) is 63.6 Å². The average molecular weight is 425 g/mol. The Morgan fingerprint density at radius 3 is 2.87 bits per heavy atom. The molecule has 31 heavy (non-hydrogen) atoms. The Labute approximate surface area is 183 Å². The summed E-state index contributed by atoms with van der Waals surface area (Å²) in [5.41, 5.74) is 2.77. The summed E-state index contributed by atoms with van der Waals surface area (Å²) in [6.45, 7) is 10.9. The van der Waals surface area contributed by atoms with Crippen molar-refractivity contribution in [3.05, 3.63) is 30.1 Å². The normalized spacial score (nSPS) is 16.7. The van der Waals surface area contributed by atoms with Gasteiger partial charge in [0.05, 0.1) is 18.8 Å². The van der Waals surface area contributed by atoms with E-state index in [-0.39, 0.29) is 0 Å². The molecule has 3 aromatic heterocycles. The van der Waals surface area contributed by atoms with E-state index in [1.807, 2.05) is 29.8 Å². The number of nitrogens with zero attached hydrogens (tertiary/aromatic N) is 6. The first-order valence-corrected chi connectivity index (χ1v) is 11.2. The van der Waals surface area contributed by atoms with Crippen molar-refractivity contribution in [1.82, 2.24) is 30.0 Å². The molecule has 0 saturated carbocycles. The van der Waals surface area contributed by atoms with Gasteiger partial charge in [-0.15, -0.1) is 0 Å². The van der Waals surface area contributed by atoms with Gasteiger partial charge in [-0.2, -0.15) is 10.1 Å². The molecule has 4 heterocycles. The largest absolute Gasteiger partial charge is 0.380 e. The van der Waals surface area contributed by atoms with E-state index in [0.29, 0.717) is 25.8 Å². The summed E-state index contributed by atoms with van der Waals surface area (Å²) in [5, 5.41) is 11.8. The summed E-state index contributed by atoms with van der Waals surface area (Å²) >= 11 is 0. The van der Waals surface area contributed by atoms with E-state index >= 15 is 0 Å². The summed E-state index contributed by atoms with van der Waals surface area (Å²) in [7, 11) is 0. The molecule has 0 aromatic carbocycles. The molecule has 9 nitrogen and oxygen atoms in total. The molecule has 1 atom stereocenters. The molecule has 0 spiro atoms. The smallest absolute Gasteiger partial charge is 0.228 e. The summed E-state index contributed by atoms with van der Waals surface area (Å²) in [6, 6.07) is 6.24. The van der Waals surface area contributed by atoms with Crippen LogP contribution in [0, 0.1) is 0 Å². The van der Waals surface area contributed by atoms with Crippen LogP contribution in [0.5, 0.6) is 0 Å². The van der Waals surface area contributed by atoms with Gasteiger partial charge in [-0.1, -0.05) is 19.9 Å². The first-order chi connectivity index (χ1) is 15.2. The number of anilines is 3. The van der Waals surface area contributed by atoms with Crippen LogP contribution < -0.4 is 15.5 Å². The van der Waals surface area contributed by atoms with Crippen LogP contribution >= 0.6 is 0 Å². The van der Waals surface area contributed by atoms with Gasteiger partial charge in [0.25, 0.3) is 0 Å². The van der Waals surface area contributed by atoms with Crippen LogP contribution in [0.1, 0.15) is 32.9 Å². The van der Waals surface area contributed by atoms with Crippen LogP contribution in [0.25, 0.3) is 11.0 Å². The van der Waals surface area contributed by atoms with E-state index < -0.39 is 0 Å². The van der Waals surface area contributed by atoms with Gasteiger partial charge in [-0.05, 0) is 31.9 Å². The van der Waals surface area contributed by atoms with E-state index in [0.717, 1.165) is 66.8 Å².